The average Bonchev–Trinajstić information content (AvgIpc) is 3.70. The van der Waals surface area contributed by atoms with E-state index in [9.17, 15) is 0 Å². The van der Waals surface area contributed by atoms with E-state index in [0.29, 0.717) is 0 Å². The Morgan fingerprint density at radius 2 is 0.738 bits per heavy atom. The van der Waals surface area contributed by atoms with Crippen molar-refractivity contribution in [3.8, 4) is 33.4 Å². The number of fused-ring (bicyclic) bond motifs is 4. The minimum atomic E-state index is 0.816. The fraction of sp³-hybridized carbons (Fsp3) is 0. The van der Waals surface area contributed by atoms with Crippen molar-refractivity contribution >= 4 is 66.8 Å². The van der Waals surface area contributed by atoms with E-state index in [0.717, 1.165) is 89.3 Å². The molecule has 0 aliphatic carbocycles. The highest BCUT2D eigenvalue weighted by atomic mass is 16.3. The molecular weight excluding hydrogens is 741 g/mol. The molecule has 0 fully saturated rings. The van der Waals surface area contributed by atoms with Crippen LogP contribution >= 0.6 is 0 Å². The molecule has 3 heteroatoms. The Bertz CT molecular complexity index is 3290. The van der Waals surface area contributed by atoms with Gasteiger partial charge in [-0.3, -0.25) is 0 Å². The zero-order valence-electron chi connectivity index (χ0n) is 33.4. The van der Waals surface area contributed by atoms with Crippen molar-refractivity contribution < 1.29 is 4.42 Å². The normalized spacial score (nSPS) is 11.3. The minimum Gasteiger partial charge on any atom is -0.454 e. The Hall–Kier alpha value is -8.14. The van der Waals surface area contributed by atoms with Gasteiger partial charge in [-0.05, 0) is 93.7 Å². The fourth-order valence-corrected chi connectivity index (χ4v) is 8.73. The van der Waals surface area contributed by atoms with E-state index < -0.39 is 0 Å². The number of hydrogen-bond donors (Lipinski definition) is 0. The van der Waals surface area contributed by atoms with Crippen LogP contribution in [0.25, 0.3) is 66.1 Å². The predicted octanol–water partition coefficient (Wildman–Crippen LogP) is 16.7. The molecule has 0 bridgehead atoms. The lowest BCUT2D eigenvalue weighted by Gasteiger charge is -2.31. The fourth-order valence-electron chi connectivity index (χ4n) is 8.73. The molecule has 3 nitrogen and oxygen atoms in total. The number of rotatable bonds is 9. The topological polar surface area (TPSA) is 19.6 Å². The molecule has 0 amide bonds. The molecule has 0 aliphatic heterocycles. The Labute approximate surface area is 355 Å². The van der Waals surface area contributed by atoms with Crippen molar-refractivity contribution in [2.24, 2.45) is 0 Å². The second kappa shape index (κ2) is 15.6. The highest BCUT2D eigenvalue weighted by Crippen LogP contribution is 2.50. The average molecular weight is 781 g/mol. The van der Waals surface area contributed by atoms with Crippen LogP contribution in [0.4, 0.5) is 34.1 Å². The second-order valence-corrected chi connectivity index (χ2v) is 15.3. The van der Waals surface area contributed by atoms with Crippen molar-refractivity contribution in [3.05, 3.63) is 243 Å². The predicted molar refractivity (Wildman–Crippen MR) is 257 cm³/mol. The Morgan fingerprint density at radius 3 is 1.34 bits per heavy atom. The third-order valence-corrected chi connectivity index (χ3v) is 11.6. The standard InChI is InChI=1S/C58H40N2O/c1-5-19-41(20-6-1)42-33-35-48(36-34-42)59(54-31-17-15-29-50(54)43-21-7-2-8-22-43)49-39-53-52-37-45-25-13-14-26-46(45)38-57(52)61-58(53)56(40-49)60(47-27-11-4-12-28-47)55-32-18-16-30-51(55)44-23-9-3-10-24-44/h1-40H. The summed E-state index contributed by atoms with van der Waals surface area (Å²) >= 11 is 0. The highest BCUT2D eigenvalue weighted by molar-refractivity contribution is 6.16. The molecule has 11 aromatic rings. The van der Waals surface area contributed by atoms with Gasteiger partial charge in [0.1, 0.15) is 5.58 Å². The second-order valence-electron chi connectivity index (χ2n) is 15.3. The Balaban J connectivity index is 1.23. The van der Waals surface area contributed by atoms with Gasteiger partial charge in [0.15, 0.2) is 5.58 Å². The maximum atomic E-state index is 7.10. The summed E-state index contributed by atoms with van der Waals surface area (Å²) in [6.45, 7) is 0. The molecule has 10 aromatic carbocycles. The third kappa shape index (κ3) is 6.69. The summed E-state index contributed by atoms with van der Waals surface area (Å²) in [5.74, 6) is 0. The van der Waals surface area contributed by atoms with Gasteiger partial charge in [0.05, 0.1) is 17.1 Å². The van der Waals surface area contributed by atoms with Crippen LogP contribution in [0, 0.1) is 0 Å². The number of hydrogen-bond acceptors (Lipinski definition) is 3. The van der Waals surface area contributed by atoms with Gasteiger partial charge in [0, 0.05) is 39.0 Å². The van der Waals surface area contributed by atoms with Gasteiger partial charge in [0.25, 0.3) is 0 Å². The van der Waals surface area contributed by atoms with Crippen LogP contribution in [0.5, 0.6) is 0 Å². The van der Waals surface area contributed by atoms with Crippen LogP contribution in [0.1, 0.15) is 0 Å². The molecule has 0 atom stereocenters. The van der Waals surface area contributed by atoms with Crippen LogP contribution in [-0.4, -0.2) is 0 Å². The highest BCUT2D eigenvalue weighted by Gasteiger charge is 2.26. The monoisotopic (exact) mass is 780 g/mol. The zero-order chi connectivity index (χ0) is 40.5. The molecule has 0 radical (unpaired) electrons. The summed E-state index contributed by atoms with van der Waals surface area (Å²) in [5, 5.41) is 4.41. The molecule has 0 spiro atoms. The van der Waals surface area contributed by atoms with E-state index in [4.69, 9.17) is 4.42 Å². The summed E-state index contributed by atoms with van der Waals surface area (Å²) in [4.78, 5) is 4.78. The Morgan fingerprint density at radius 1 is 0.279 bits per heavy atom. The van der Waals surface area contributed by atoms with Gasteiger partial charge >= 0.3 is 0 Å². The zero-order valence-corrected chi connectivity index (χ0v) is 33.4. The first-order chi connectivity index (χ1) is 30.3. The van der Waals surface area contributed by atoms with Crippen molar-refractivity contribution in [3.63, 3.8) is 0 Å². The number of anilines is 6. The molecule has 61 heavy (non-hydrogen) atoms. The summed E-state index contributed by atoms with van der Waals surface area (Å²) in [6.07, 6.45) is 0. The molecule has 0 saturated heterocycles. The first kappa shape index (κ1) is 36.0. The minimum absolute atomic E-state index is 0.816. The van der Waals surface area contributed by atoms with Crippen molar-refractivity contribution in [1.82, 2.24) is 0 Å². The largest absolute Gasteiger partial charge is 0.454 e. The first-order valence-electron chi connectivity index (χ1n) is 20.8. The van der Waals surface area contributed by atoms with E-state index in [1.165, 1.54) is 10.9 Å². The summed E-state index contributed by atoms with van der Waals surface area (Å²) in [7, 11) is 0. The molecule has 0 saturated carbocycles. The SMILES string of the molecule is c1ccc(-c2ccc(N(c3cc(N(c4ccccc4)c4ccccc4-c4ccccc4)c4oc5cc6ccccc6cc5c4c3)c3ccccc3-c3ccccc3)cc2)cc1. The third-order valence-electron chi connectivity index (χ3n) is 11.6. The molecule has 1 heterocycles. The number of para-hydroxylation sites is 3. The lowest BCUT2D eigenvalue weighted by atomic mass is 9.99. The van der Waals surface area contributed by atoms with Crippen LogP contribution < -0.4 is 9.80 Å². The number of furan rings is 1. The quantitative estimate of drug-likeness (QED) is 0.145. The van der Waals surface area contributed by atoms with Crippen LogP contribution in [-0.2, 0) is 0 Å². The van der Waals surface area contributed by atoms with Gasteiger partial charge in [-0.15, -0.1) is 0 Å². The molecule has 1 aromatic heterocycles. The lowest BCUT2D eigenvalue weighted by molar-refractivity contribution is 0.669. The van der Waals surface area contributed by atoms with Gasteiger partial charge in [0.2, 0.25) is 0 Å². The molecule has 0 N–H and O–H groups in total. The van der Waals surface area contributed by atoms with E-state index in [-0.39, 0.29) is 0 Å². The van der Waals surface area contributed by atoms with Gasteiger partial charge in [-0.25, -0.2) is 0 Å². The summed E-state index contributed by atoms with van der Waals surface area (Å²) in [5.41, 5.74) is 14.7. The van der Waals surface area contributed by atoms with Crippen molar-refractivity contribution in [1.29, 1.82) is 0 Å². The summed E-state index contributed by atoms with van der Waals surface area (Å²) < 4.78 is 7.10. The van der Waals surface area contributed by atoms with Crippen molar-refractivity contribution in [2.45, 2.75) is 0 Å². The molecule has 288 valence electrons. The molecule has 11 rings (SSSR count). The van der Waals surface area contributed by atoms with E-state index >= 15 is 0 Å². The lowest BCUT2D eigenvalue weighted by Crippen LogP contribution is -2.14. The first-order valence-corrected chi connectivity index (χ1v) is 20.8. The van der Waals surface area contributed by atoms with Crippen LogP contribution in [0.3, 0.4) is 0 Å². The van der Waals surface area contributed by atoms with E-state index in [1.807, 2.05) is 0 Å². The van der Waals surface area contributed by atoms with Crippen LogP contribution in [0.2, 0.25) is 0 Å². The molecule has 0 unspecified atom stereocenters. The van der Waals surface area contributed by atoms with E-state index in [1.54, 1.807) is 0 Å². The number of nitrogens with zero attached hydrogens (tertiary/aromatic N) is 2. The molecule has 0 aliphatic rings. The van der Waals surface area contributed by atoms with Crippen molar-refractivity contribution in [2.75, 3.05) is 9.80 Å². The molecular formula is C58H40N2O. The van der Waals surface area contributed by atoms with Crippen LogP contribution in [0.15, 0.2) is 247 Å². The maximum absolute atomic E-state index is 7.10. The van der Waals surface area contributed by atoms with Gasteiger partial charge in [-0.2, -0.15) is 0 Å². The maximum Gasteiger partial charge on any atom is 0.159 e. The smallest absolute Gasteiger partial charge is 0.159 e. The summed E-state index contributed by atoms with van der Waals surface area (Å²) in [6, 6.07) is 86.5. The van der Waals surface area contributed by atoms with Gasteiger partial charge < -0.3 is 14.2 Å². The van der Waals surface area contributed by atoms with Gasteiger partial charge in [-0.1, -0.05) is 182 Å². The number of benzene rings is 10. The van der Waals surface area contributed by atoms with E-state index in [2.05, 4.69) is 252 Å². The Kier molecular flexibility index (Phi) is 9.18.